The Labute approximate surface area is 143 Å². The highest BCUT2D eigenvalue weighted by atomic mass is 32.1. The molecule has 0 unspecified atom stereocenters. The highest BCUT2D eigenvalue weighted by molar-refractivity contribution is 7.09. The fourth-order valence-electron chi connectivity index (χ4n) is 2.17. The molecule has 0 saturated carbocycles. The molecule has 130 valence electrons. The van der Waals surface area contributed by atoms with Crippen LogP contribution in [-0.2, 0) is 24.1 Å². The van der Waals surface area contributed by atoms with E-state index in [0.717, 1.165) is 22.9 Å². The fourth-order valence-corrected chi connectivity index (χ4v) is 2.91. The molecule has 3 aromatic rings. The summed E-state index contributed by atoms with van der Waals surface area (Å²) < 4.78 is 38.7. The third-order valence-corrected chi connectivity index (χ3v) is 4.18. The number of para-hydroxylation sites is 2. The molecule has 0 saturated heterocycles. The van der Waals surface area contributed by atoms with Gasteiger partial charge in [0.05, 0.1) is 23.8 Å². The summed E-state index contributed by atoms with van der Waals surface area (Å²) in [5.74, 6) is -0.512. The van der Waals surface area contributed by atoms with E-state index < -0.39 is 23.3 Å². The van der Waals surface area contributed by atoms with Crippen molar-refractivity contribution in [2.45, 2.75) is 19.3 Å². The Kier molecular flexibility index (Phi) is 4.53. The number of amides is 1. The zero-order valence-electron chi connectivity index (χ0n) is 12.6. The number of halogens is 3. The molecule has 1 N–H and O–H groups in total. The van der Waals surface area contributed by atoms with Gasteiger partial charge < -0.3 is 5.32 Å². The number of thiazole rings is 1. The van der Waals surface area contributed by atoms with Crippen molar-refractivity contribution in [1.82, 2.24) is 19.9 Å². The van der Waals surface area contributed by atoms with Crippen molar-refractivity contribution in [1.29, 1.82) is 0 Å². The third-order valence-electron chi connectivity index (χ3n) is 3.33. The van der Waals surface area contributed by atoms with Gasteiger partial charge in [0, 0.05) is 5.38 Å². The Morgan fingerprint density at radius 1 is 1.28 bits per heavy atom. The monoisotopic (exact) mass is 368 g/mol. The van der Waals surface area contributed by atoms with Crippen molar-refractivity contribution >= 4 is 28.3 Å². The normalized spacial score (nSPS) is 11.6. The minimum absolute atomic E-state index is 0.132. The molecule has 25 heavy (non-hydrogen) atoms. The number of rotatable bonds is 4. The average Bonchev–Trinajstić information content (AvgIpc) is 3.05. The summed E-state index contributed by atoms with van der Waals surface area (Å²) in [6.45, 7) is -0.406. The predicted molar refractivity (Wildman–Crippen MR) is 85.0 cm³/mol. The number of carbonyl (C=O) groups is 1. The number of aromatic nitrogens is 3. The van der Waals surface area contributed by atoms with Gasteiger partial charge in [-0.05, 0) is 12.1 Å². The zero-order valence-corrected chi connectivity index (χ0v) is 13.4. The number of nitrogens with one attached hydrogen (secondary N) is 1. The van der Waals surface area contributed by atoms with E-state index in [4.69, 9.17) is 0 Å². The van der Waals surface area contributed by atoms with Crippen molar-refractivity contribution in [3.05, 3.63) is 56.9 Å². The first-order chi connectivity index (χ1) is 11.8. The summed E-state index contributed by atoms with van der Waals surface area (Å²) in [6, 6.07) is 6.84. The fraction of sp³-hybridized carbons (Fsp3) is 0.200. The molecule has 0 atom stereocenters. The van der Waals surface area contributed by atoms with E-state index in [2.05, 4.69) is 15.3 Å². The van der Waals surface area contributed by atoms with Crippen LogP contribution in [0.1, 0.15) is 10.7 Å². The number of alkyl halides is 3. The average molecular weight is 368 g/mol. The largest absolute Gasteiger partial charge is 0.434 e. The van der Waals surface area contributed by atoms with Crippen LogP contribution in [0.2, 0.25) is 0 Å². The predicted octanol–water partition coefficient (Wildman–Crippen LogP) is 2.19. The SMILES string of the molecule is O=C(Cn1c(=O)cnc2ccccc21)NCc1nc(C(F)(F)F)cs1. The van der Waals surface area contributed by atoms with Crippen LogP contribution in [0.3, 0.4) is 0 Å². The van der Waals surface area contributed by atoms with Crippen LogP contribution in [-0.4, -0.2) is 20.4 Å². The Bertz CT molecular complexity index is 981. The van der Waals surface area contributed by atoms with Gasteiger partial charge in [0.1, 0.15) is 11.6 Å². The van der Waals surface area contributed by atoms with Gasteiger partial charge in [0.15, 0.2) is 5.69 Å². The molecular weight excluding hydrogens is 357 g/mol. The highest BCUT2D eigenvalue weighted by Crippen LogP contribution is 2.29. The van der Waals surface area contributed by atoms with Gasteiger partial charge in [-0.25, -0.2) is 9.97 Å². The van der Waals surface area contributed by atoms with E-state index in [9.17, 15) is 22.8 Å². The second kappa shape index (κ2) is 6.63. The smallest absolute Gasteiger partial charge is 0.348 e. The molecule has 0 radical (unpaired) electrons. The molecule has 2 heterocycles. The van der Waals surface area contributed by atoms with Gasteiger partial charge in [0.25, 0.3) is 5.56 Å². The van der Waals surface area contributed by atoms with E-state index in [-0.39, 0.29) is 18.1 Å². The minimum Gasteiger partial charge on any atom is -0.348 e. The molecule has 0 aliphatic heterocycles. The first kappa shape index (κ1) is 17.1. The molecule has 10 heteroatoms. The lowest BCUT2D eigenvalue weighted by Gasteiger charge is -2.09. The lowest BCUT2D eigenvalue weighted by molar-refractivity contribution is -0.140. The van der Waals surface area contributed by atoms with Gasteiger partial charge in [-0.15, -0.1) is 11.3 Å². The van der Waals surface area contributed by atoms with Crippen molar-refractivity contribution in [3.8, 4) is 0 Å². The summed E-state index contributed by atoms with van der Waals surface area (Å²) in [7, 11) is 0. The lowest BCUT2D eigenvalue weighted by atomic mass is 10.3. The van der Waals surface area contributed by atoms with E-state index >= 15 is 0 Å². The first-order valence-electron chi connectivity index (χ1n) is 7.07. The molecule has 0 aliphatic rings. The van der Waals surface area contributed by atoms with Crippen LogP contribution in [0.5, 0.6) is 0 Å². The summed E-state index contributed by atoms with van der Waals surface area (Å²) in [5.41, 5.74) is -0.371. The molecule has 2 aromatic heterocycles. The van der Waals surface area contributed by atoms with E-state index in [1.807, 2.05) is 0 Å². The maximum atomic E-state index is 12.5. The lowest BCUT2D eigenvalue weighted by Crippen LogP contribution is -2.32. The summed E-state index contributed by atoms with van der Waals surface area (Å²) in [5, 5.41) is 3.49. The van der Waals surface area contributed by atoms with Crippen LogP contribution in [0, 0.1) is 0 Å². The van der Waals surface area contributed by atoms with Crippen LogP contribution in [0.4, 0.5) is 13.2 Å². The Morgan fingerprint density at radius 2 is 2.04 bits per heavy atom. The van der Waals surface area contributed by atoms with Crippen LogP contribution < -0.4 is 10.9 Å². The van der Waals surface area contributed by atoms with Crippen molar-refractivity contribution in [3.63, 3.8) is 0 Å². The van der Waals surface area contributed by atoms with Gasteiger partial charge in [-0.2, -0.15) is 13.2 Å². The van der Waals surface area contributed by atoms with Gasteiger partial charge >= 0.3 is 6.18 Å². The minimum atomic E-state index is -4.51. The van der Waals surface area contributed by atoms with Crippen molar-refractivity contribution in [2.24, 2.45) is 0 Å². The second-order valence-corrected chi connectivity index (χ2v) is 6.01. The summed E-state index contributed by atoms with van der Waals surface area (Å²) in [4.78, 5) is 31.4. The van der Waals surface area contributed by atoms with Gasteiger partial charge in [-0.1, -0.05) is 12.1 Å². The molecule has 0 fully saturated rings. The quantitative estimate of drug-likeness (QED) is 0.766. The number of carbonyl (C=O) groups excluding carboxylic acids is 1. The second-order valence-electron chi connectivity index (χ2n) is 5.07. The Balaban J connectivity index is 1.70. The van der Waals surface area contributed by atoms with Gasteiger partial charge in [-0.3, -0.25) is 14.2 Å². The maximum Gasteiger partial charge on any atom is 0.434 e. The van der Waals surface area contributed by atoms with E-state index in [0.29, 0.717) is 11.0 Å². The molecule has 6 nitrogen and oxygen atoms in total. The van der Waals surface area contributed by atoms with Crippen molar-refractivity contribution in [2.75, 3.05) is 0 Å². The number of hydrogen-bond acceptors (Lipinski definition) is 5. The Morgan fingerprint density at radius 3 is 2.76 bits per heavy atom. The molecule has 1 aromatic carbocycles. The molecule has 0 aliphatic carbocycles. The number of hydrogen-bond donors (Lipinski definition) is 1. The number of fused-ring (bicyclic) bond motifs is 1. The van der Waals surface area contributed by atoms with Crippen LogP contribution in [0.15, 0.2) is 40.6 Å². The summed E-state index contributed by atoms with van der Waals surface area (Å²) in [6.07, 6.45) is -3.39. The summed E-state index contributed by atoms with van der Waals surface area (Å²) >= 11 is 0.806. The third kappa shape index (κ3) is 3.85. The van der Waals surface area contributed by atoms with Crippen molar-refractivity contribution < 1.29 is 18.0 Å². The standard InChI is InChI=1S/C15H11F3N4O2S/c16-15(17,18)11-8-25-13(21-11)5-20-12(23)7-22-10-4-2-1-3-9(10)19-6-14(22)24/h1-4,6,8H,5,7H2,(H,20,23). The highest BCUT2D eigenvalue weighted by Gasteiger charge is 2.33. The first-order valence-corrected chi connectivity index (χ1v) is 7.95. The Hall–Kier alpha value is -2.75. The molecule has 3 rings (SSSR count). The maximum absolute atomic E-state index is 12.5. The molecule has 1 amide bonds. The van der Waals surface area contributed by atoms with E-state index in [1.165, 1.54) is 4.57 Å². The molecular formula is C15H11F3N4O2S. The topological polar surface area (TPSA) is 76.9 Å². The van der Waals surface area contributed by atoms with Crippen LogP contribution in [0.25, 0.3) is 11.0 Å². The zero-order chi connectivity index (χ0) is 18.0. The van der Waals surface area contributed by atoms with Crippen LogP contribution >= 0.6 is 11.3 Å². The van der Waals surface area contributed by atoms with E-state index in [1.54, 1.807) is 24.3 Å². The molecule has 0 spiro atoms. The number of benzene rings is 1. The molecule has 0 bridgehead atoms. The number of nitrogens with zero attached hydrogens (tertiary/aromatic N) is 3. The van der Waals surface area contributed by atoms with Gasteiger partial charge in [0.2, 0.25) is 5.91 Å².